The van der Waals surface area contributed by atoms with E-state index in [4.69, 9.17) is 0 Å². The summed E-state index contributed by atoms with van der Waals surface area (Å²) in [5.41, 5.74) is 2.61. The zero-order valence-corrected chi connectivity index (χ0v) is 15.5. The van der Waals surface area contributed by atoms with E-state index in [1.165, 1.54) is 10.9 Å². The van der Waals surface area contributed by atoms with Crippen molar-refractivity contribution in [3.8, 4) is 0 Å². The monoisotopic (exact) mass is 366 g/mol. The van der Waals surface area contributed by atoms with Crippen LogP contribution in [0.1, 0.15) is 36.9 Å². The summed E-state index contributed by atoms with van der Waals surface area (Å²) >= 11 is 0. The number of hydrogen-bond acceptors (Lipinski definition) is 5. The molecule has 0 spiro atoms. The molecule has 1 aromatic carbocycles. The Bertz CT molecular complexity index is 1050. The Labute approximate surface area is 156 Å². The third-order valence-electron chi connectivity index (χ3n) is 4.84. The largest absolute Gasteiger partial charge is 0.337 e. The molecule has 0 bridgehead atoms. The molecule has 2 heterocycles. The Morgan fingerprint density at radius 2 is 2.15 bits per heavy atom. The minimum absolute atomic E-state index is 0.0578. The van der Waals surface area contributed by atoms with Crippen molar-refractivity contribution in [3.05, 3.63) is 52.1 Å². The Morgan fingerprint density at radius 1 is 1.33 bits per heavy atom. The number of nitrogens with zero attached hydrogens (tertiary/aromatic N) is 6. The number of aromatic nitrogens is 5. The predicted molar refractivity (Wildman–Crippen MR) is 100 cm³/mol. The van der Waals surface area contributed by atoms with Gasteiger partial charge in [0.2, 0.25) is 5.91 Å². The maximum atomic E-state index is 12.7. The minimum atomic E-state index is -0.327. The Kier molecular flexibility index (Phi) is 4.47. The molecule has 0 saturated heterocycles. The van der Waals surface area contributed by atoms with Gasteiger partial charge in [-0.25, -0.2) is 9.67 Å². The maximum absolute atomic E-state index is 12.7. The van der Waals surface area contributed by atoms with Crippen molar-refractivity contribution in [2.24, 2.45) is 0 Å². The molecule has 0 atom stereocenters. The molecule has 2 aromatic heterocycles. The molecule has 1 fully saturated rings. The van der Waals surface area contributed by atoms with Crippen LogP contribution in [0.5, 0.6) is 0 Å². The van der Waals surface area contributed by atoms with Gasteiger partial charge in [0.15, 0.2) is 11.2 Å². The summed E-state index contributed by atoms with van der Waals surface area (Å²) in [6.45, 7) is 4.97. The zero-order chi connectivity index (χ0) is 19.0. The number of hydrogen-bond donors (Lipinski definition) is 0. The molecule has 8 nitrogen and oxygen atoms in total. The van der Waals surface area contributed by atoms with Crippen LogP contribution in [0.2, 0.25) is 0 Å². The molecule has 8 heteroatoms. The van der Waals surface area contributed by atoms with Crippen molar-refractivity contribution in [1.29, 1.82) is 0 Å². The summed E-state index contributed by atoms with van der Waals surface area (Å²) < 4.78 is 3.02. The van der Waals surface area contributed by atoms with Crippen LogP contribution in [0.4, 0.5) is 0 Å². The van der Waals surface area contributed by atoms with E-state index in [2.05, 4.69) is 21.4 Å². The molecule has 1 aliphatic carbocycles. The summed E-state index contributed by atoms with van der Waals surface area (Å²) in [7, 11) is 0. The Hall–Kier alpha value is -3.03. The van der Waals surface area contributed by atoms with E-state index in [1.807, 2.05) is 32.0 Å². The lowest BCUT2D eigenvalue weighted by Gasteiger charge is -2.21. The highest BCUT2D eigenvalue weighted by Gasteiger charge is 2.28. The Morgan fingerprint density at radius 3 is 2.85 bits per heavy atom. The summed E-state index contributed by atoms with van der Waals surface area (Å²) in [4.78, 5) is 31.5. The molecule has 1 saturated carbocycles. The first-order valence-electron chi connectivity index (χ1n) is 9.20. The third kappa shape index (κ3) is 3.47. The van der Waals surface area contributed by atoms with Crippen LogP contribution in [0.25, 0.3) is 11.2 Å². The average Bonchev–Trinajstić information content (AvgIpc) is 3.41. The van der Waals surface area contributed by atoms with Gasteiger partial charge >= 0.3 is 0 Å². The lowest BCUT2D eigenvalue weighted by molar-refractivity contribution is -0.132. The topological polar surface area (TPSA) is 85.9 Å². The van der Waals surface area contributed by atoms with E-state index in [1.54, 1.807) is 9.58 Å². The second-order valence-corrected chi connectivity index (χ2v) is 7.01. The van der Waals surface area contributed by atoms with Crippen molar-refractivity contribution in [3.63, 3.8) is 0 Å². The van der Waals surface area contributed by atoms with Crippen molar-refractivity contribution in [2.45, 2.75) is 45.8 Å². The number of likely N-dealkylation sites (N-methyl/N-ethyl adjacent to an activating group) is 1. The molecule has 0 unspecified atom stereocenters. The highest BCUT2D eigenvalue weighted by molar-refractivity contribution is 5.76. The standard InChI is InChI=1S/C19H22N6O2/c1-3-23(10-14-6-4-5-13(2)9-14)16(26)11-24-12-20-18-17(19(24)27)21-22-25(18)15-7-8-15/h4-6,9,12,15H,3,7-8,10-11H2,1-2H3. The van der Waals surface area contributed by atoms with Crippen molar-refractivity contribution < 1.29 is 4.79 Å². The molecule has 1 aliphatic rings. The zero-order valence-electron chi connectivity index (χ0n) is 15.5. The van der Waals surface area contributed by atoms with Gasteiger partial charge in [0.1, 0.15) is 12.9 Å². The lowest BCUT2D eigenvalue weighted by atomic mass is 10.1. The summed E-state index contributed by atoms with van der Waals surface area (Å²) in [6.07, 6.45) is 3.49. The van der Waals surface area contributed by atoms with Crippen LogP contribution in [-0.4, -0.2) is 41.9 Å². The van der Waals surface area contributed by atoms with Gasteiger partial charge in [-0.15, -0.1) is 5.10 Å². The van der Waals surface area contributed by atoms with Crippen molar-refractivity contribution in [2.75, 3.05) is 6.54 Å². The van der Waals surface area contributed by atoms with Crippen LogP contribution in [-0.2, 0) is 17.9 Å². The average molecular weight is 366 g/mol. The second-order valence-electron chi connectivity index (χ2n) is 7.01. The fraction of sp³-hybridized carbons (Fsp3) is 0.421. The normalized spacial score (nSPS) is 13.9. The smallest absolute Gasteiger partial charge is 0.283 e. The molecule has 4 rings (SSSR count). The Balaban J connectivity index is 1.54. The van der Waals surface area contributed by atoms with Gasteiger partial charge in [0.05, 0.1) is 6.04 Å². The van der Waals surface area contributed by atoms with Crippen LogP contribution in [0.15, 0.2) is 35.4 Å². The van der Waals surface area contributed by atoms with Gasteiger partial charge in [0, 0.05) is 13.1 Å². The fourth-order valence-corrected chi connectivity index (χ4v) is 3.19. The minimum Gasteiger partial charge on any atom is -0.337 e. The third-order valence-corrected chi connectivity index (χ3v) is 4.84. The molecule has 0 N–H and O–H groups in total. The number of rotatable bonds is 6. The second kappa shape index (κ2) is 6.94. The molecular formula is C19H22N6O2. The van der Waals surface area contributed by atoms with E-state index >= 15 is 0 Å². The first-order chi connectivity index (χ1) is 13.1. The molecule has 27 heavy (non-hydrogen) atoms. The molecule has 140 valence electrons. The van der Waals surface area contributed by atoms with Gasteiger partial charge < -0.3 is 4.90 Å². The highest BCUT2D eigenvalue weighted by atomic mass is 16.2. The van der Waals surface area contributed by atoms with Gasteiger partial charge in [-0.2, -0.15) is 0 Å². The van der Waals surface area contributed by atoms with Crippen molar-refractivity contribution >= 4 is 17.1 Å². The molecular weight excluding hydrogens is 344 g/mol. The van der Waals surface area contributed by atoms with E-state index in [0.29, 0.717) is 24.8 Å². The quantitative estimate of drug-likeness (QED) is 0.662. The van der Waals surface area contributed by atoms with Gasteiger partial charge in [0.25, 0.3) is 5.56 Å². The number of fused-ring (bicyclic) bond motifs is 1. The predicted octanol–water partition coefficient (Wildman–Crippen LogP) is 1.68. The van der Waals surface area contributed by atoms with E-state index in [-0.39, 0.29) is 23.5 Å². The van der Waals surface area contributed by atoms with Crippen LogP contribution in [0, 0.1) is 6.92 Å². The van der Waals surface area contributed by atoms with E-state index in [0.717, 1.165) is 24.0 Å². The maximum Gasteiger partial charge on any atom is 0.283 e. The van der Waals surface area contributed by atoms with Crippen LogP contribution in [0.3, 0.4) is 0 Å². The first kappa shape index (κ1) is 17.4. The van der Waals surface area contributed by atoms with Gasteiger partial charge in [-0.05, 0) is 32.3 Å². The number of aryl methyl sites for hydroxylation is 1. The number of benzene rings is 1. The van der Waals surface area contributed by atoms with Gasteiger partial charge in [-0.1, -0.05) is 35.0 Å². The first-order valence-corrected chi connectivity index (χ1v) is 9.20. The van der Waals surface area contributed by atoms with E-state index < -0.39 is 0 Å². The number of amides is 1. The number of carbonyl (C=O) groups excluding carboxylic acids is 1. The molecule has 3 aromatic rings. The SMILES string of the molecule is CCN(Cc1cccc(C)c1)C(=O)Cn1cnc2c(nnn2C2CC2)c1=O. The molecule has 0 aliphatic heterocycles. The summed E-state index contributed by atoms with van der Waals surface area (Å²) in [5, 5.41) is 8.03. The van der Waals surface area contributed by atoms with Gasteiger partial charge in [-0.3, -0.25) is 14.2 Å². The van der Waals surface area contributed by atoms with E-state index in [9.17, 15) is 9.59 Å². The highest BCUT2D eigenvalue weighted by Crippen LogP contribution is 2.35. The van der Waals surface area contributed by atoms with Crippen molar-refractivity contribution in [1.82, 2.24) is 29.4 Å². The number of carbonyl (C=O) groups is 1. The molecule has 1 amide bonds. The lowest BCUT2D eigenvalue weighted by Crippen LogP contribution is -2.36. The van der Waals surface area contributed by atoms with Crippen LogP contribution < -0.4 is 5.56 Å². The summed E-state index contributed by atoms with van der Waals surface area (Å²) in [5.74, 6) is -0.128. The molecule has 0 radical (unpaired) electrons. The summed E-state index contributed by atoms with van der Waals surface area (Å²) in [6, 6.07) is 8.36. The fourth-order valence-electron chi connectivity index (χ4n) is 3.19. The van der Waals surface area contributed by atoms with Crippen LogP contribution >= 0.6 is 0 Å².